The summed E-state index contributed by atoms with van der Waals surface area (Å²) >= 11 is 0. The number of ether oxygens (including phenoxy) is 1. The van der Waals surface area contributed by atoms with Crippen LogP contribution in [-0.2, 0) is 11.2 Å². The maximum Gasteiger partial charge on any atom is 0.253 e. The van der Waals surface area contributed by atoms with E-state index in [1.807, 2.05) is 0 Å². The van der Waals surface area contributed by atoms with Gasteiger partial charge in [0.2, 0.25) is 5.91 Å². The maximum atomic E-state index is 15.0. The molecule has 0 radical (unpaired) electrons. The van der Waals surface area contributed by atoms with Gasteiger partial charge in [-0.1, -0.05) is 12.1 Å². The van der Waals surface area contributed by atoms with Gasteiger partial charge in [0, 0.05) is 31.6 Å². The van der Waals surface area contributed by atoms with Crippen molar-refractivity contribution in [2.24, 2.45) is 5.73 Å². The van der Waals surface area contributed by atoms with Crippen molar-refractivity contribution in [1.29, 1.82) is 0 Å². The van der Waals surface area contributed by atoms with Crippen molar-refractivity contribution < 1.29 is 39.1 Å². The number of amides is 2. The van der Waals surface area contributed by atoms with E-state index in [0.717, 1.165) is 0 Å². The number of rotatable bonds is 6. The minimum atomic E-state index is -1.55. The first-order chi connectivity index (χ1) is 15.5. The third-order valence-corrected chi connectivity index (χ3v) is 5.67. The summed E-state index contributed by atoms with van der Waals surface area (Å²) in [6.45, 7) is -0.576. The number of aliphatic hydroxyl groups excluding tert-OH is 4. The highest BCUT2D eigenvalue weighted by molar-refractivity contribution is 6.00. The van der Waals surface area contributed by atoms with E-state index in [-0.39, 0.29) is 29.0 Å². The Morgan fingerprint density at radius 3 is 2.18 bits per heavy atom. The Kier molecular flexibility index (Phi) is 7.45. The SMILES string of the molecule is CN(C)C(=O)c1cc(C(N)=O)cc(-c2ccc(C[C@H]3O[C@H](CO)[C@@H](O)[C@H](O)[C@@H]3O)c(F)c2)c1. The second-order valence-electron chi connectivity index (χ2n) is 8.24. The maximum absolute atomic E-state index is 15.0. The molecular weight excluding hydrogens is 435 g/mol. The number of carbonyl (C=O) groups is 2. The number of aliphatic hydroxyl groups is 4. The summed E-state index contributed by atoms with van der Waals surface area (Å²) in [5.74, 6) is -1.72. The molecule has 2 aromatic carbocycles. The topological polar surface area (TPSA) is 154 Å². The van der Waals surface area contributed by atoms with E-state index in [2.05, 4.69) is 0 Å². The second-order valence-corrected chi connectivity index (χ2v) is 8.24. The summed E-state index contributed by atoms with van der Waals surface area (Å²) in [4.78, 5) is 25.5. The molecule has 5 atom stereocenters. The molecule has 0 bridgehead atoms. The van der Waals surface area contributed by atoms with Crippen LogP contribution in [0.25, 0.3) is 11.1 Å². The van der Waals surface area contributed by atoms with Crippen LogP contribution in [0.1, 0.15) is 26.3 Å². The van der Waals surface area contributed by atoms with Crippen LogP contribution in [0.3, 0.4) is 0 Å². The first-order valence-electron chi connectivity index (χ1n) is 10.3. The molecule has 0 aliphatic carbocycles. The van der Waals surface area contributed by atoms with Gasteiger partial charge in [-0.05, 0) is 41.0 Å². The highest BCUT2D eigenvalue weighted by Gasteiger charge is 2.43. The molecule has 0 unspecified atom stereocenters. The van der Waals surface area contributed by atoms with Crippen molar-refractivity contribution >= 4 is 11.8 Å². The molecule has 0 spiro atoms. The number of nitrogens with zero attached hydrogens (tertiary/aromatic N) is 1. The Balaban J connectivity index is 1.91. The Bertz CT molecular complexity index is 1040. The lowest BCUT2D eigenvalue weighted by molar-refractivity contribution is -0.228. The molecule has 33 heavy (non-hydrogen) atoms. The quantitative estimate of drug-likeness (QED) is 0.394. The van der Waals surface area contributed by atoms with Gasteiger partial charge in [0.1, 0.15) is 30.2 Å². The summed E-state index contributed by atoms with van der Waals surface area (Å²) in [6, 6.07) is 8.60. The third kappa shape index (κ3) is 5.21. The first-order valence-corrected chi connectivity index (χ1v) is 10.3. The van der Waals surface area contributed by atoms with Crippen LogP contribution < -0.4 is 5.73 Å². The number of nitrogens with two attached hydrogens (primary N) is 1. The fraction of sp³-hybridized carbons (Fsp3) is 0.391. The van der Waals surface area contributed by atoms with Crippen LogP contribution in [-0.4, -0.2) is 88.4 Å². The largest absolute Gasteiger partial charge is 0.394 e. The van der Waals surface area contributed by atoms with Crippen molar-refractivity contribution in [1.82, 2.24) is 4.90 Å². The van der Waals surface area contributed by atoms with Crippen molar-refractivity contribution in [3.8, 4) is 11.1 Å². The molecule has 10 heteroatoms. The van der Waals surface area contributed by atoms with Gasteiger partial charge in [-0.15, -0.1) is 0 Å². The summed E-state index contributed by atoms with van der Waals surface area (Å²) in [7, 11) is 3.12. The Labute approximate surface area is 189 Å². The van der Waals surface area contributed by atoms with Crippen molar-refractivity contribution in [3.63, 3.8) is 0 Å². The lowest BCUT2D eigenvalue weighted by Gasteiger charge is -2.40. The van der Waals surface area contributed by atoms with E-state index in [1.165, 1.54) is 35.2 Å². The lowest BCUT2D eigenvalue weighted by atomic mass is 9.91. The molecule has 1 fully saturated rings. The average molecular weight is 462 g/mol. The minimum Gasteiger partial charge on any atom is -0.394 e. The zero-order valence-corrected chi connectivity index (χ0v) is 18.2. The summed E-state index contributed by atoms with van der Waals surface area (Å²) in [5.41, 5.74) is 6.68. The molecule has 178 valence electrons. The van der Waals surface area contributed by atoms with E-state index >= 15 is 0 Å². The molecular formula is C23H27FN2O7. The zero-order chi connectivity index (χ0) is 24.4. The molecule has 1 heterocycles. The monoisotopic (exact) mass is 462 g/mol. The van der Waals surface area contributed by atoms with Gasteiger partial charge in [0.05, 0.1) is 12.7 Å². The standard InChI is InChI=1S/C23H27FN2O7/c1-26(2)23(32)15-6-13(5-14(7-15)22(25)31)11-3-4-12(16(24)8-11)9-17-19(28)21(30)20(29)18(10-27)33-17/h3-8,17-21,27-30H,9-10H2,1-2H3,(H2,25,31)/t17-,18-,19-,20-,21-/m1/s1. The van der Waals surface area contributed by atoms with Crippen LogP contribution in [0.2, 0.25) is 0 Å². The van der Waals surface area contributed by atoms with E-state index < -0.39 is 48.9 Å². The van der Waals surface area contributed by atoms with Crippen LogP contribution in [0.5, 0.6) is 0 Å². The second kappa shape index (κ2) is 9.94. The third-order valence-electron chi connectivity index (χ3n) is 5.67. The first kappa shape index (κ1) is 24.7. The van der Waals surface area contributed by atoms with Crippen LogP contribution in [0, 0.1) is 5.82 Å². The smallest absolute Gasteiger partial charge is 0.253 e. The van der Waals surface area contributed by atoms with Gasteiger partial charge >= 0.3 is 0 Å². The normalized spacial score (nSPS) is 25.0. The van der Waals surface area contributed by atoms with Gasteiger partial charge < -0.3 is 35.8 Å². The number of halogens is 1. The van der Waals surface area contributed by atoms with Crippen LogP contribution in [0.15, 0.2) is 36.4 Å². The van der Waals surface area contributed by atoms with Crippen molar-refractivity contribution in [2.45, 2.75) is 36.9 Å². The molecule has 6 N–H and O–H groups in total. The van der Waals surface area contributed by atoms with Crippen molar-refractivity contribution in [2.75, 3.05) is 20.7 Å². The van der Waals surface area contributed by atoms with Gasteiger partial charge in [-0.2, -0.15) is 0 Å². The van der Waals surface area contributed by atoms with Crippen LogP contribution >= 0.6 is 0 Å². The zero-order valence-electron chi connectivity index (χ0n) is 18.2. The minimum absolute atomic E-state index is 0.100. The fourth-order valence-corrected chi connectivity index (χ4v) is 3.77. The van der Waals surface area contributed by atoms with E-state index in [9.17, 15) is 34.4 Å². The Morgan fingerprint density at radius 1 is 0.970 bits per heavy atom. The van der Waals surface area contributed by atoms with E-state index in [1.54, 1.807) is 20.2 Å². The number of hydrogen-bond donors (Lipinski definition) is 5. The molecule has 0 aromatic heterocycles. The molecule has 3 rings (SSSR count). The van der Waals surface area contributed by atoms with E-state index in [0.29, 0.717) is 11.1 Å². The molecule has 1 aliphatic heterocycles. The van der Waals surface area contributed by atoms with Gasteiger partial charge in [0.15, 0.2) is 0 Å². The van der Waals surface area contributed by atoms with Gasteiger partial charge in [-0.25, -0.2) is 4.39 Å². The average Bonchev–Trinajstić information content (AvgIpc) is 2.79. The van der Waals surface area contributed by atoms with Gasteiger partial charge in [0.25, 0.3) is 5.91 Å². The Morgan fingerprint density at radius 2 is 1.61 bits per heavy atom. The molecule has 2 aromatic rings. The lowest BCUT2D eigenvalue weighted by Crippen LogP contribution is -2.59. The molecule has 1 aliphatic rings. The van der Waals surface area contributed by atoms with E-state index in [4.69, 9.17) is 10.5 Å². The van der Waals surface area contributed by atoms with Gasteiger partial charge in [-0.3, -0.25) is 9.59 Å². The summed E-state index contributed by atoms with van der Waals surface area (Å²) in [5, 5.41) is 39.3. The van der Waals surface area contributed by atoms with Crippen molar-refractivity contribution in [3.05, 3.63) is 58.9 Å². The molecule has 0 saturated carbocycles. The molecule has 2 amide bonds. The summed E-state index contributed by atoms with van der Waals surface area (Å²) < 4.78 is 20.4. The Hall–Kier alpha value is -2.89. The summed E-state index contributed by atoms with van der Waals surface area (Å²) in [6.07, 6.45) is -6.78. The highest BCUT2D eigenvalue weighted by Crippen LogP contribution is 2.28. The number of benzene rings is 2. The number of hydrogen-bond acceptors (Lipinski definition) is 7. The number of carbonyl (C=O) groups excluding carboxylic acids is 2. The molecule has 1 saturated heterocycles. The fourth-order valence-electron chi connectivity index (χ4n) is 3.77. The predicted molar refractivity (Wildman–Crippen MR) is 116 cm³/mol. The number of primary amides is 1. The van der Waals surface area contributed by atoms with Crippen LogP contribution in [0.4, 0.5) is 4.39 Å². The highest BCUT2D eigenvalue weighted by atomic mass is 19.1. The molecule has 9 nitrogen and oxygen atoms in total. The predicted octanol–water partition coefficient (Wildman–Crippen LogP) is -0.322.